The molecule has 0 N–H and O–H groups in total. The molecule has 8 aromatic rings. The molecular formula is C39H28N2. The van der Waals surface area contributed by atoms with E-state index >= 15 is 0 Å². The van der Waals surface area contributed by atoms with Crippen LogP contribution in [0.15, 0.2) is 146 Å². The number of rotatable bonds is 4. The van der Waals surface area contributed by atoms with Crippen LogP contribution in [0, 0.1) is 0 Å². The third-order valence-corrected chi connectivity index (χ3v) is 8.41. The fourth-order valence-corrected chi connectivity index (χ4v) is 6.69. The number of para-hydroxylation sites is 1. The summed E-state index contributed by atoms with van der Waals surface area (Å²) in [5, 5.41) is 7.52. The first kappa shape index (κ1) is 23.5. The second kappa shape index (κ2) is 9.11. The average molecular weight is 525 g/mol. The van der Waals surface area contributed by atoms with Crippen LogP contribution in [0.2, 0.25) is 0 Å². The zero-order chi connectivity index (χ0) is 27.5. The molecule has 2 nitrogen and oxygen atoms in total. The monoisotopic (exact) mass is 524 g/mol. The van der Waals surface area contributed by atoms with E-state index in [1.54, 1.807) is 0 Å². The molecule has 8 rings (SSSR count). The van der Waals surface area contributed by atoms with Gasteiger partial charge in [-0.3, -0.25) is 0 Å². The summed E-state index contributed by atoms with van der Waals surface area (Å²) in [4.78, 5) is 0. The van der Waals surface area contributed by atoms with Crippen molar-refractivity contribution in [3.8, 4) is 16.8 Å². The first-order valence-electron chi connectivity index (χ1n) is 14.1. The topological polar surface area (TPSA) is 9.86 Å². The normalized spacial score (nSPS) is 12.3. The maximum Gasteiger partial charge on any atom is 0.0810 e. The molecule has 0 bridgehead atoms. The van der Waals surface area contributed by atoms with Crippen molar-refractivity contribution in [2.24, 2.45) is 0 Å². The van der Waals surface area contributed by atoms with E-state index in [0.29, 0.717) is 0 Å². The van der Waals surface area contributed by atoms with Crippen LogP contribution in [0.1, 0.15) is 6.92 Å². The van der Waals surface area contributed by atoms with Crippen LogP contribution in [0.5, 0.6) is 0 Å². The molecule has 2 heterocycles. The molecule has 0 aliphatic rings. The van der Waals surface area contributed by atoms with Gasteiger partial charge in [0.15, 0.2) is 0 Å². The van der Waals surface area contributed by atoms with Crippen LogP contribution in [0.4, 0.5) is 0 Å². The lowest BCUT2D eigenvalue weighted by atomic mass is 9.97. The molecule has 0 radical (unpaired) electrons. The molecule has 0 aliphatic heterocycles. The highest BCUT2D eigenvalue weighted by molar-refractivity contribution is 6.34. The smallest absolute Gasteiger partial charge is 0.0810 e. The number of hydrogen-bond acceptors (Lipinski definition) is 0. The van der Waals surface area contributed by atoms with Crippen LogP contribution >= 0.6 is 0 Å². The zero-order valence-electron chi connectivity index (χ0n) is 22.9. The predicted octanol–water partition coefficient (Wildman–Crippen LogP) is 10.8. The largest absolute Gasteiger partial charge is 0.307 e. The third-order valence-electron chi connectivity index (χ3n) is 8.41. The third kappa shape index (κ3) is 3.31. The molecule has 2 aromatic heterocycles. The van der Waals surface area contributed by atoms with E-state index in [9.17, 15) is 0 Å². The highest BCUT2D eigenvalue weighted by atomic mass is 15.1. The first-order valence-corrected chi connectivity index (χ1v) is 14.1. The van der Waals surface area contributed by atoms with Gasteiger partial charge in [-0.2, -0.15) is 0 Å². The van der Waals surface area contributed by atoms with Gasteiger partial charge in [0.1, 0.15) is 0 Å². The highest BCUT2D eigenvalue weighted by Gasteiger charge is 2.25. The second-order valence-corrected chi connectivity index (χ2v) is 10.5. The van der Waals surface area contributed by atoms with Crippen molar-refractivity contribution in [1.29, 1.82) is 0 Å². The number of benzene rings is 6. The Hall–Kier alpha value is -5.34. The van der Waals surface area contributed by atoms with Crippen molar-refractivity contribution in [3.05, 3.63) is 146 Å². The van der Waals surface area contributed by atoms with Crippen molar-refractivity contribution >= 4 is 60.1 Å². The molecule has 0 spiro atoms. The number of nitrogens with zero attached hydrogens (tertiary/aromatic N) is 2. The molecule has 2 heteroatoms. The van der Waals surface area contributed by atoms with Crippen LogP contribution in [-0.2, 0) is 0 Å². The van der Waals surface area contributed by atoms with Crippen molar-refractivity contribution in [2.75, 3.05) is 0 Å². The Bertz CT molecular complexity index is 2310. The van der Waals surface area contributed by atoms with E-state index in [1.165, 1.54) is 65.5 Å². The fraction of sp³-hybridized carbons (Fsp3) is 0.0256. The van der Waals surface area contributed by atoms with Gasteiger partial charge in [-0.15, -0.1) is 0 Å². The van der Waals surface area contributed by atoms with Crippen LogP contribution in [0.3, 0.4) is 0 Å². The summed E-state index contributed by atoms with van der Waals surface area (Å²) in [5.74, 6) is 0. The molecule has 0 amide bonds. The van der Waals surface area contributed by atoms with Gasteiger partial charge in [-0.05, 0) is 64.6 Å². The van der Waals surface area contributed by atoms with Gasteiger partial charge in [0.2, 0.25) is 0 Å². The highest BCUT2D eigenvalue weighted by Crippen LogP contribution is 2.47. The summed E-state index contributed by atoms with van der Waals surface area (Å²) in [6.07, 6.45) is 4.13. The second-order valence-electron chi connectivity index (χ2n) is 10.5. The number of fused-ring (bicyclic) bond motifs is 10. The SMILES string of the molecule is C=C/C(=C\C)n1c2ccc(-c3ccccc3)cc2c2c1c1c3ccccc3c3ccccc3c1n2-c1ccccc1. The van der Waals surface area contributed by atoms with Gasteiger partial charge in [-0.25, -0.2) is 0 Å². The molecule has 6 aromatic carbocycles. The Labute approximate surface area is 238 Å². The van der Waals surface area contributed by atoms with Crippen molar-refractivity contribution in [1.82, 2.24) is 9.13 Å². The summed E-state index contributed by atoms with van der Waals surface area (Å²) in [6.45, 7) is 6.32. The Balaban J connectivity index is 1.72. The lowest BCUT2D eigenvalue weighted by Gasteiger charge is -2.14. The van der Waals surface area contributed by atoms with Crippen LogP contribution in [0.25, 0.3) is 76.9 Å². The van der Waals surface area contributed by atoms with Gasteiger partial charge in [0.05, 0.1) is 22.1 Å². The molecule has 0 saturated carbocycles. The van der Waals surface area contributed by atoms with Crippen LogP contribution < -0.4 is 0 Å². The Morgan fingerprint density at radius 2 is 1.17 bits per heavy atom. The first-order chi connectivity index (χ1) is 20.3. The molecule has 0 saturated heterocycles. The lowest BCUT2D eigenvalue weighted by Crippen LogP contribution is -1.95. The zero-order valence-corrected chi connectivity index (χ0v) is 22.9. The minimum Gasteiger partial charge on any atom is -0.307 e. The van der Waals surface area contributed by atoms with E-state index in [1.807, 2.05) is 6.08 Å². The summed E-state index contributed by atoms with van der Waals surface area (Å²) >= 11 is 0. The van der Waals surface area contributed by atoms with Crippen molar-refractivity contribution < 1.29 is 0 Å². The summed E-state index contributed by atoms with van der Waals surface area (Å²) in [7, 11) is 0. The number of hydrogen-bond donors (Lipinski definition) is 0. The summed E-state index contributed by atoms with van der Waals surface area (Å²) in [5.41, 5.74) is 9.46. The van der Waals surface area contributed by atoms with Gasteiger partial charge in [-0.1, -0.05) is 116 Å². The van der Waals surface area contributed by atoms with Crippen molar-refractivity contribution in [3.63, 3.8) is 0 Å². The van der Waals surface area contributed by atoms with E-state index in [2.05, 4.69) is 156 Å². The molecule has 0 aliphatic carbocycles. The molecule has 41 heavy (non-hydrogen) atoms. The number of allylic oxidation sites excluding steroid dienone is 3. The Morgan fingerprint density at radius 1 is 0.561 bits per heavy atom. The van der Waals surface area contributed by atoms with Gasteiger partial charge in [0.25, 0.3) is 0 Å². The molecule has 0 atom stereocenters. The molecular weight excluding hydrogens is 496 g/mol. The summed E-state index contributed by atoms with van der Waals surface area (Å²) < 4.78 is 4.90. The summed E-state index contributed by atoms with van der Waals surface area (Å²) in [6, 6.07) is 46.0. The Kier molecular flexibility index (Phi) is 5.23. The minimum atomic E-state index is 1.07. The predicted molar refractivity (Wildman–Crippen MR) is 177 cm³/mol. The lowest BCUT2D eigenvalue weighted by molar-refractivity contribution is 1.19. The maximum atomic E-state index is 4.23. The Morgan fingerprint density at radius 3 is 1.85 bits per heavy atom. The van der Waals surface area contributed by atoms with Gasteiger partial charge < -0.3 is 9.13 Å². The quantitative estimate of drug-likeness (QED) is 0.160. The number of aromatic nitrogens is 2. The van der Waals surface area contributed by atoms with Crippen molar-refractivity contribution in [2.45, 2.75) is 6.92 Å². The van der Waals surface area contributed by atoms with E-state index in [4.69, 9.17) is 0 Å². The molecule has 0 unspecified atom stereocenters. The van der Waals surface area contributed by atoms with Crippen LogP contribution in [-0.4, -0.2) is 9.13 Å². The fourth-order valence-electron chi connectivity index (χ4n) is 6.69. The standard InChI is InChI=1S/C39H28N2/c1-3-28(4-2)40-35-24-23-27(26-15-7-5-8-16-26)25-34(35)38-39(40)36-32-21-13-11-19-30(32)31-20-12-14-22-33(31)37(36)41(38)29-17-9-6-10-18-29/h3-25H,1H2,2H3/b28-4+. The maximum absolute atomic E-state index is 4.23. The molecule has 0 fully saturated rings. The van der Waals surface area contributed by atoms with E-state index < -0.39 is 0 Å². The average Bonchev–Trinajstić information content (AvgIpc) is 3.56. The minimum absolute atomic E-state index is 1.07. The van der Waals surface area contributed by atoms with E-state index in [0.717, 1.165) is 11.4 Å². The molecule has 194 valence electrons. The van der Waals surface area contributed by atoms with Gasteiger partial charge in [0, 0.05) is 27.5 Å². The van der Waals surface area contributed by atoms with E-state index in [-0.39, 0.29) is 0 Å². The van der Waals surface area contributed by atoms with Gasteiger partial charge >= 0.3 is 0 Å².